The van der Waals surface area contributed by atoms with E-state index in [1.165, 1.54) is 38.5 Å². The van der Waals surface area contributed by atoms with Crippen molar-refractivity contribution in [1.82, 2.24) is 5.32 Å². The predicted octanol–water partition coefficient (Wildman–Crippen LogP) is 4.44. The molecule has 1 aromatic rings. The highest BCUT2D eigenvalue weighted by Crippen LogP contribution is 2.61. The molecule has 1 aromatic carbocycles. The SMILES string of the molecule is C[C@H](NC(=O)C1CCN(c2ccc(C=O)cc2)CC1)C12CC3CC(CC(C3)C1)C2. The molecule has 4 bridgehead atoms. The lowest BCUT2D eigenvalue weighted by atomic mass is 9.48. The molecule has 6 rings (SSSR count). The lowest BCUT2D eigenvalue weighted by Gasteiger charge is -2.59. The van der Waals surface area contributed by atoms with Gasteiger partial charge in [0.2, 0.25) is 5.91 Å². The molecule has 4 heteroatoms. The third kappa shape index (κ3) is 3.60. The number of hydrogen-bond donors (Lipinski definition) is 1. The van der Waals surface area contributed by atoms with Crippen molar-refractivity contribution in [3.05, 3.63) is 29.8 Å². The number of benzene rings is 1. The molecule has 1 heterocycles. The van der Waals surface area contributed by atoms with Crippen LogP contribution in [0.1, 0.15) is 68.6 Å². The van der Waals surface area contributed by atoms with Crippen LogP contribution in [0.25, 0.3) is 0 Å². The third-order valence-corrected chi connectivity index (χ3v) is 8.62. The Morgan fingerprint density at radius 3 is 2.10 bits per heavy atom. The topological polar surface area (TPSA) is 49.4 Å². The molecular formula is C25H34N2O2. The number of hydrogen-bond acceptors (Lipinski definition) is 3. The monoisotopic (exact) mass is 394 g/mol. The Balaban J connectivity index is 1.16. The van der Waals surface area contributed by atoms with E-state index in [0.29, 0.717) is 17.0 Å². The van der Waals surface area contributed by atoms with Crippen molar-refractivity contribution in [3.63, 3.8) is 0 Å². The predicted molar refractivity (Wildman–Crippen MR) is 115 cm³/mol. The molecule has 5 fully saturated rings. The van der Waals surface area contributed by atoms with Crippen LogP contribution in [0, 0.1) is 29.1 Å². The summed E-state index contributed by atoms with van der Waals surface area (Å²) in [5.41, 5.74) is 2.24. The molecule has 4 saturated carbocycles. The fourth-order valence-electron chi connectivity index (χ4n) is 7.36. The van der Waals surface area contributed by atoms with E-state index in [-0.39, 0.29) is 11.8 Å². The molecule has 156 valence electrons. The van der Waals surface area contributed by atoms with Gasteiger partial charge in [0.15, 0.2) is 0 Å². The maximum Gasteiger partial charge on any atom is 0.223 e. The quantitative estimate of drug-likeness (QED) is 0.751. The maximum atomic E-state index is 13.1. The van der Waals surface area contributed by atoms with Gasteiger partial charge in [-0.1, -0.05) is 0 Å². The summed E-state index contributed by atoms with van der Waals surface area (Å²) in [5.74, 6) is 3.19. The highest BCUT2D eigenvalue weighted by molar-refractivity contribution is 5.79. The van der Waals surface area contributed by atoms with Gasteiger partial charge < -0.3 is 10.2 Å². The van der Waals surface area contributed by atoms with Crippen molar-refractivity contribution < 1.29 is 9.59 Å². The van der Waals surface area contributed by atoms with Gasteiger partial charge in [-0.3, -0.25) is 9.59 Å². The molecule has 1 amide bonds. The first kappa shape index (κ1) is 19.1. The van der Waals surface area contributed by atoms with Crippen LogP contribution in [0.2, 0.25) is 0 Å². The Morgan fingerprint density at radius 2 is 1.59 bits per heavy atom. The zero-order chi connectivity index (χ0) is 20.0. The second-order valence-electron chi connectivity index (χ2n) is 10.5. The zero-order valence-electron chi connectivity index (χ0n) is 17.6. The minimum absolute atomic E-state index is 0.136. The molecule has 0 spiro atoms. The van der Waals surface area contributed by atoms with E-state index in [4.69, 9.17) is 0 Å². The fourth-order valence-corrected chi connectivity index (χ4v) is 7.36. The van der Waals surface area contributed by atoms with Gasteiger partial charge in [-0.2, -0.15) is 0 Å². The van der Waals surface area contributed by atoms with Crippen molar-refractivity contribution in [2.24, 2.45) is 29.1 Å². The molecular weight excluding hydrogens is 360 g/mol. The smallest absolute Gasteiger partial charge is 0.223 e. The van der Waals surface area contributed by atoms with Crippen LogP contribution in [0.3, 0.4) is 0 Å². The average molecular weight is 395 g/mol. The second-order valence-corrected chi connectivity index (χ2v) is 10.5. The Kier molecular flexibility index (Phi) is 4.92. The number of nitrogens with zero attached hydrogens (tertiary/aromatic N) is 1. The van der Waals surface area contributed by atoms with Crippen LogP contribution in [0.5, 0.6) is 0 Å². The van der Waals surface area contributed by atoms with Crippen LogP contribution >= 0.6 is 0 Å². The van der Waals surface area contributed by atoms with Crippen molar-refractivity contribution >= 4 is 17.9 Å². The molecule has 5 aliphatic rings. The summed E-state index contributed by atoms with van der Waals surface area (Å²) < 4.78 is 0. The van der Waals surface area contributed by atoms with E-state index < -0.39 is 0 Å². The largest absolute Gasteiger partial charge is 0.371 e. The summed E-state index contributed by atoms with van der Waals surface area (Å²) in [4.78, 5) is 26.2. The van der Waals surface area contributed by atoms with E-state index in [2.05, 4.69) is 17.1 Å². The lowest BCUT2D eigenvalue weighted by Crippen LogP contribution is -2.56. The normalized spacial score (nSPS) is 34.8. The van der Waals surface area contributed by atoms with Crippen LogP contribution in [-0.4, -0.2) is 31.3 Å². The second kappa shape index (κ2) is 7.45. The van der Waals surface area contributed by atoms with E-state index >= 15 is 0 Å². The Hall–Kier alpha value is -1.84. The van der Waals surface area contributed by atoms with E-state index in [1.807, 2.05) is 24.3 Å². The summed E-state index contributed by atoms with van der Waals surface area (Å²) in [6.07, 6.45) is 11.1. The van der Waals surface area contributed by atoms with Gasteiger partial charge in [0.1, 0.15) is 6.29 Å². The van der Waals surface area contributed by atoms with Gasteiger partial charge in [0, 0.05) is 36.3 Å². The number of carbonyl (C=O) groups excluding carboxylic acids is 2. The van der Waals surface area contributed by atoms with Gasteiger partial charge in [-0.15, -0.1) is 0 Å². The van der Waals surface area contributed by atoms with Gasteiger partial charge >= 0.3 is 0 Å². The summed E-state index contributed by atoms with van der Waals surface area (Å²) >= 11 is 0. The van der Waals surface area contributed by atoms with E-state index in [9.17, 15) is 9.59 Å². The molecule has 0 radical (unpaired) electrons. The molecule has 1 N–H and O–H groups in total. The van der Waals surface area contributed by atoms with Crippen LogP contribution in [0.4, 0.5) is 5.69 Å². The fraction of sp³-hybridized carbons (Fsp3) is 0.680. The molecule has 4 nitrogen and oxygen atoms in total. The summed E-state index contributed by atoms with van der Waals surface area (Å²) in [7, 11) is 0. The number of anilines is 1. The van der Waals surface area contributed by atoms with Gasteiger partial charge in [0.25, 0.3) is 0 Å². The molecule has 0 aromatic heterocycles. The van der Waals surface area contributed by atoms with Crippen LogP contribution < -0.4 is 10.2 Å². The van der Waals surface area contributed by atoms with Crippen molar-refractivity contribution in [3.8, 4) is 0 Å². The standard InChI is InChI=1S/C25H34N2O2/c1-17(25-13-19-10-20(14-25)12-21(11-19)15-25)26-24(29)22-6-8-27(9-7-22)23-4-2-18(16-28)3-5-23/h2-5,16-17,19-22H,6-15H2,1H3,(H,26,29)/t17-,19?,20?,21?,25?/m0/s1. The summed E-state index contributed by atoms with van der Waals surface area (Å²) in [5, 5.41) is 3.48. The number of aldehydes is 1. The molecule has 1 saturated heterocycles. The number of piperidine rings is 1. The summed E-state index contributed by atoms with van der Waals surface area (Å²) in [6, 6.07) is 8.08. The number of amides is 1. The minimum atomic E-state index is 0.136. The van der Waals surface area contributed by atoms with Crippen molar-refractivity contribution in [1.29, 1.82) is 0 Å². The molecule has 1 atom stereocenters. The zero-order valence-corrected chi connectivity index (χ0v) is 17.6. The van der Waals surface area contributed by atoms with Gasteiger partial charge in [-0.25, -0.2) is 0 Å². The Morgan fingerprint density at radius 1 is 1.03 bits per heavy atom. The number of nitrogens with one attached hydrogen (secondary N) is 1. The van der Waals surface area contributed by atoms with Crippen molar-refractivity contribution in [2.75, 3.05) is 18.0 Å². The first-order chi connectivity index (χ1) is 14.0. The third-order valence-electron chi connectivity index (χ3n) is 8.62. The Labute approximate surface area is 174 Å². The maximum absolute atomic E-state index is 13.1. The first-order valence-corrected chi connectivity index (χ1v) is 11.7. The Bertz CT molecular complexity index is 728. The average Bonchev–Trinajstić information content (AvgIpc) is 2.73. The van der Waals surface area contributed by atoms with Gasteiger partial charge in [-0.05, 0) is 106 Å². The highest BCUT2D eigenvalue weighted by atomic mass is 16.2. The molecule has 29 heavy (non-hydrogen) atoms. The molecule has 0 unspecified atom stereocenters. The molecule has 1 aliphatic heterocycles. The van der Waals surface area contributed by atoms with Crippen LogP contribution in [0.15, 0.2) is 24.3 Å². The lowest BCUT2D eigenvalue weighted by molar-refractivity contribution is -0.130. The van der Waals surface area contributed by atoms with Crippen LogP contribution in [-0.2, 0) is 4.79 Å². The van der Waals surface area contributed by atoms with E-state index in [0.717, 1.165) is 55.7 Å². The minimum Gasteiger partial charge on any atom is -0.371 e. The van der Waals surface area contributed by atoms with Gasteiger partial charge in [0.05, 0.1) is 0 Å². The highest BCUT2D eigenvalue weighted by Gasteiger charge is 2.53. The molecule has 4 aliphatic carbocycles. The first-order valence-electron chi connectivity index (χ1n) is 11.7. The number of rotatable bonds is 5. The summed E-state index contributed by atoms with van der Waals surface area (Å²) in [6.45, 7) is 4.10. The van der Waals surface area contributed by atoms with Crippen molar-refractivity contribution in [2.45, 2.75) is 64.3 Å². The van der Waals surface area contributed by atoms with E-state index in [1.54, 1.807) is 0 Å². The number of carbonyl (C=O) groups is 2.